The molecule has 1 aliphatic heterocycles. The summed E-state index contributed by atoms with van der Waals surface area (Å²) in [6.07, 6.45) is 9.49. The Balaban J connectivity index is 1.84. The lowest BCUT2D eigenvalue weighted by Gasteiger charge is -2.41. The van der Waals surface area contributed by atoms with E-state index in [1.807, 2.05) is 0 Å². The Morgan fingerprint density at radius 3 is 2.72 bits per heavy atom. The minimum absolute atomic E-state index is 0.425. The largest absolute Gasteiger partial charge is 0.378 e. The predicted octanol–water partition coefficient (Wildman–Crippen LogP) is 2.41. The molecule has 0 spiro atoms. The maximum atomic E-state index is 5.59. The highest BCUT2D eigenvalue weighted by Gasteiger charge is 2.31. The highest BCUT2D eigenvalue weighted by molar-refractivity contribution is 4.91. The van der Waals surface area contributed by atoms with Gasteiger partial charge in [0.05, 0.1) is 13.2 Å². The molecule has 3 heteroatoms. The van der Waals surface area contributed by atoms with E-state index in [1.54, 1.807) is 0 Å². The first-order chi connectivity index (χ1) is 8.79. The van der Waals surface area contributed by atoms with Gasteiger partial charge in [-0.15, -0.1) is 0 Å². The van der Waals surface area contributed by atoms with Gasteiger partial charge in [0.1, 0.15) is 0 Å². The van der Waals surface area contributed by atoms with Gasteiger partial charge in [-0.2, -0.15) is 0 Å². The van der Waals surface area contributed by atoms with Gasteiger partial charge in [-0.1, -0.05) is 26.2 Å². The summed E-state index contributed by atoms with van der Waals surface area (Å²) in [4.78, 5) is 2.65. The van der Waals surface area contributed by atoms with Crippen LogP contribution in [0.2, 0.25) is 0 Å². The fraction of sp³-hybridized carbons (Fsp3) is 1.00. The topological polar surface area (TPSA) is 24.5 Å². The summed E-state index contributed by atoms with van der Waals surface area (Å²) < 4.78 is 5.59. The lowest BCUT2D eigenvalue weighted by atomic mass is 9.79. The summed E-state index contributed by atoms with van der Waals surface area (Å²) in [5.41, 5.74) is 0.425. The number of hydrogen-bond acceptors (Lipinski definition) is 3. The van der Waals surface area contributed by atoms with Crippen LogP contribution in [-0.2, 0) is 4.74 Å². The van der Waals surface area contributed by atoms with Gasteiger partial charge < -0.3 is 10.1 Å². The maximum Gasteiger partial charge on any atom is 0.0622 e. The Morgan fingerprint density at radius 1 is 1.28 bits per heavy atom. The van der Waals surface area contributed by atoms with Crippen molar-refractivity contribution >= 4 is 0 Å². The zero-order valence-electron chi connectivity index (χ0n) is 12.2. The van der Waals surface area contributed by atoms with Crippen molar-refractivity contribution in [3.63, 3.8) is 0 Å². The van der Waals surface area contributed by atoms with Crippen molar-refractivity contribution in [2.24, 2.45) is 0 Å². The molecule has 1 saturated heterocycles. The van der Waals surface area contributed by atoms with Crippen LogP contribution in [-0.4, -0.2) is 49.8 Å². The van der Waals surface area contributed by atoms with Crippen molar-refractivity contribution in [3.8, 4) is 0 Å². The lowest BCUT2D eigenvalue weighted by Crippen LogP contribution is -2.51. The lowest BCUT2D eigenvalue weighted by molar-refractivity contribution is -0.0133. The second kappa shape index (κ2) is 6.88. The molecule has 1 aliphatic carbocycles. The third kappa shape index (κ3) is 3.46. The predicted molar refractivity (Wildman–Crippen MR) is 76.0 cm³/mol. The first-order valence-electron chi connectivity index (χ1n) is 7.80. The molecule has 0 radical (unpaired) electrons. The highest BCUT2D eigenvalue weighted by Crippen LogP contribution is 2.31. The van der Waals surface area contributed by atoms with Gasteiger partial charge in [0.25, 0.3) is 0 Å². The van der Waals surface area contributed by atoms with E-state index in [-0.39, 0.29) is 0 Å². The van der Waals surface area contributed by atoms with Crippen molar-refractivity contribution < 1.29 is 4.74 Å². The summed E-state index contributed by atoms with van der Waals surface area (Å²) in [7, 11) is 2.15. The van der Waals surface area contributed by atoms with E-state index in [0.717, 1.165) is 19.8 Å². The van der Waals surface area contributed by atoms with Crippen molar-refractivity contribution in [2.45, 2.75) is 63.5 Å². The molecule has 1 heterocycles. The summed E-state index contributed by atoms with van der Waals surface area (Å²) in [6, 6.07) is 0.649. The van der Waals surface area contributed by atoms with E-state index in [9.17, 15) is 0 Å². The molecule has 1 atom stereocenters. The molecule has 106 valence electrons. The third-order valence-electron chi connectivity index (χ3n) is 5.04. The van der Waals surface area contributed by atoms with Crippen molar-refractivity contribution in [2.75, 3.05) is 33.4 Å². The van der Waals surface area contributed by atoms with Gasteiger partial charge in [0.2, 0.25) is 0 Å². The van der Waals surface area contributed by atoms with Crippen LogP contribution in [0.3, 0.4) is 0 Å². The molecular formula is C15H30N2O. The molecule has 0 bridgehead atoms. The Morgan fingerprint density at radius 2 is 2.06 bits per heavy atom. The Kier molecular flexibility index (Phi) is 5.46. The zero-order valence-corrected chi connectivity index (χ0v) is 12.2. The van der Waals surface area contributed by atoms with Gasteiger partial charge in [0.15, 0.2) is 0 Å². The molecule has 0 amide bonds. The molecule has 0 aromatic heterocycles. The molecule has 1 unspecified atom stereocenters. The van der Waals surface area contributed by atoms with Gasteiger partial charge >= 0.3 is 0 Å². The van der Waals surface area contributed by atoms with Crippen LogP contribution in [0.4, 0.5) is 0 Å². The molecule has 1 saturated carbocycles. The fourth-order valence-corrected chi connectivity index (χ4v) is 3.57. The molecule has 2 fully saturated rings. The Hall–Kier alpha value is -0.120. The average molecular weight is 254 g/mol. The molecule has 2 aliphatic rings. The Labute approximate surface area is 112 Å². The zero-order chi connectivity index (χ0) is 12.8. The van der Waals surface area contributed by atoms with E-state index in [4.69, 9.17) is 4.74 Å². The third-order valence-corrected chi connectivity index (χ3v) is 5.04. The standard InChI is InChI=1S/C15H30N2O/c1-3-14-13-18-12-11-17(14)10-9-15(16-2)7-5-4-6-8-15/h14,16H,3-13H2,1-2H3. The molecule has 0 aromatic carbocycles. The quantitative estimate of drug-likeness (QED) is 0.815. The van der Waals surface area contributed by atoms with Crippen molar-refractivity contribution in [1.82, 2.24) is 10.2 Å². The molecule has 1 N–H and O–H groups in total. The van der Waals surface area contributed by atoms with Crippen LogP contribution >= 0.6 is 0 Å². The van der Waals surface area contributed by atoms with Crippen molar-refractivity contribution in [1.29, 1.82) is 0 Å². The van der Waals surface area contributed by atoms with E-state index < -0.39 is 0 Å². The molecular weight excluding hydrogens is 224 g/mol. The normalized spacial score (nSPS) is 29.3. The molecule has 0 aromatic rings. The maximum absolute atomic E-state index is 5.59. The van der Waals surface area contributed by atoms with Crippen LogP contribution in [0.25, 0.3) is 0 Å². The van der Waals surface area contributed by atoms with Gasteiger partial charge in [-0.05, 0) is 32.7 Å². The monoisotopic (exact) mass is 254 g/mol. The first kappa shape index (κ1) is 14.3. The van der Waals surface area contributed by atoms with Crippen LogP contribution in [0.5, 0.6) is 0 Å². The number of nitrogens with zero attached hydrogens (tertiary/aromatic N) is 1. The van der Waals surface area contributed by atoms with Gasteiger partial charge in [-0.25, -0.2) is 0 Å². The smallest absolute Gasteiger partial charge is 0.0622 e. The van der Waals surface area contributed by atoms with Crippen molar-refractivity contribution in [3.05, 3.63) is 0 Å². The van der Waals surface area contributed by atoms with E-state index >= 15 is 0 Å². The highest BCUT2D eigenvalue weighted by atomic mass is 16.5. The van der Waals surface area contributed by atoms with E-state index in [2.05, 4.69) is 24.2 Å². The summed E-state index contributed by atoms with van der Waals surface area (Å²) >= 11 is 0. The minimum atomic E-state index is 0.425. The van der Waals surface area contributed by atoms with Gasteiger partial charge in [0, 0.05) is 24.7 Å². The summed E-state index contributed by atoms with van der Waals surface area (Å²) in [5.74, 6) is 0. The number of nitrogens with one attached hydrogen (secondary N) is 1. The number of ether oxygens (including phenoxy) is 1. The van der Waals surface area contributed by atoms with E-state index in [1.165, 1.54) is 51.5 Å². The van der Waals surface area contributed by atoms with Crippen LogP contribution in [0.15, 0.2) is 0 Å². The van der Waals surface area contributed by atoms with Crippen LogP contribution in [0, 0.1) is 0 Å². The SMILES string of the molecule is CCC1COCCN1CCC1(NC)CCCCC1. The second-order valence-corrected chi connectivity index (χ2v) is 6.01. The minimum Gasteiger partial charge on any atom is -0.378 e. The summed E-state index contributed by atoms with van der Waals surface area (Å²) in [6.45, 7) is 6.49. The number of rotatable bonds is 5. The summed E-state index contributed by atoms with van der Waals surface area (Å²) in [5, 5.41) is 3.63. The second-order valence-electron chi connectivity index (χ2n) is 6.01. The molecule has 18 heavy (non-hydrogen) atoms. The fourth-order valence-electron chi connectivity index (χ4n) is 3.57. The average Bonchev–Trinajstić information content (AvgIpc) is 2.46. The number of morpholine rings is 1. The molecule has 2 rings (SSSR count). The molecule has 3 nitrogen and oxygen atoms in total. The van der Waals surface area contributed by atoms with Gasteiger partial charge in [-0.3, -0.25) is 4.90 Å². The number of hydrogen-bond donors (Lipinski definition) is 1. The Bertz CT molecular complexity index is 239. The van der Waals surface area contributed by atoms with Crippen LogP contribution in [0.1, 0.15) is 51.9 Å². The first-order valence-corrected chi connectivity index (χ1v) is 7.80. The van der Waals surface area contributed by atoms with E-state index in [0.29, 0.717) is 11.6 Å². The van der Waals surface area contributed by atoms with Crippen LogP contribution < -0.4 is 5.32 Å².